The molecule has 0 bridgehead atoms. The lowest BCUT2D eigenvalue weighted by atomic mass is 9.85. The first kappa shape index (κ1) is 25.1. The lowest BCUT2D eigenvalue weighted by Gasteiger charge is -2.36. The summed E-state index contributed by atoms with van der Waals surface area (Å²) < 4.78 is 33.3. The number of nitrogens with zero attached hydrogens (tertiary/aromatic N) is 3. The van der Waals surface area contributed by atoms with Gasteiger partial charge in [0.2, 0.25) is 0 Å². The summed E-state index contributed by atoms with van der Waals surface area (Å²) in [5.74, 6) is -1.94. The van der Waals surface area contributed by atoms with Crippen molar-refractivity contribution in [3.05, 3.63) is 46.7 Å². The van der Waals surface area contributed by atoms with E-state index in [0.29, 0.717) is 29.8 Å². The molecule has 2 aliphatic rings. The first-order chi connectivity index (χ1) is 16.6. The topological polar surface area (TPSA) is 90.6 Å². The van der Waals surface area contributed by atoms with Gasteiger partial charge >= 0.3 is 6.09 Å². The van der Waals surface area contributed by atoms with E-state index < -0.39 is 29.2 Å². The molecule has 1 aromatic carbocycles. The van der Waals surface area contributed by atoms with Gasteiger partial charge in [0, 0.05) is 18.2 Å². The van der Waals surface area contributed by atoms with Crippen LogP contribution in [0.15, 0.2) is 18.2 Å². The van der Waals surface area contributed by atoms with Crippen molar-refractivity contribution in [2.24, 2.45) is 5.92 Å². The van der Waals surface area contributed by atoms with E-state index in [-0.39, 0.29) is 24.0 Å². The number of aromatic amines is 1. The zero-order chi connectivity index (χ0) is 25.3. The number of benzene rings is 1. The van der Waals surface area contributed by atoms with Crippen LogP contribution in [0.5, 0.6) is 0 Å². The number of halogens is 2. The number of carbonyl (C=O) groups is 2. The summed E-state index contributed by atoms with van der Waals surface area (Å²) in [6.45, 7) is 4.59. The van der Waals surface area contributed by atoms with Crippen LogP contribution < -0.4 is 5.32 Å². The number of hydrogen-bond acceptors (Lipinski definition) is 5. The molecule has 1 aliphatic carbocycles. The van der Waals surface area contributed by atoms with E-state index >= 15 is 0 Å². The van der Waals surface area contributed by atoms with E-state index in [0.717, 1.165) is 37.8 Å². The van der Waals surface area contributed by atoms with Crippen LogP contribution in [0.3, 0.4) is 0 Å². The van der Waals surface area contributed by atoms with Crippen molar-refractivity contribution in [1.82, 2.24) is 20.0 Å². The van der Waals surface area contributed by atoms with Gasteiger partial charge in [-0.1, -0.05) is 19.3 Å². The first-order valence-corrected chi connectivity index (χ1v) is 12.0. The fraction of sp³-hybridized carbons (Fsp3) is 0.560. The molecule has 0 radical (unpaired) electrons. The second kappa shape index (κ2) is 9.93. The molecule has 4 rings (SSSR count). The Balaban J connectivity index is 1.50. The number of rotatable bonds is 6. The fourth-order valence-corrected chi connectivity index (χ4v) is 5.10. The molecule has 2 aromatic rings. The van der Waals surface area contributed by atoms with E-state index in [1.54, 1.807) is 4.90 Å². The van der Waals surface area contributed by atoms with Gasteiger partial charge < -0.3 is 15.0 Å². The van der Waals surface area contributed by atoms with Crippen LogP contribution >= 0.6 is 0 Å². The van der Waals surface area contributed by atoms with Crippen molar-refractivity contribution >= 4 is 17.8 Å². The van der Waals surface area contributed by atoms with E-state index in [4.69, 9.17) is 4.74 Å². The molecule has 10 heteroatoms. The van der Waals surface area contributed by atoms with Crippen molar-refractivity contribution in [3.63, 3.8) is 0 Å². The molecule has 35 heavy (non-hydrogen) atoms. The Hall–Kier alpha value is -3.01. The molecule has 2 heterocycles. The molecule has 0 spiro atoms. The van der Waals surface area contributed by atoms with Gasteiger partial charge in [0.05, 0.1) is 23.3 Å². The third kappa shape index (κ3) is 5.17. The first-order valence-electron chi connectivity index (χ1n) is 12.0. The van der Waals surface area contributed by atoms with E-state index in [1.165, 1.54) is 6.42 Å². The van der Waals surface area contributed by atoms with E-state index in [1.807, 2.05) is 32.8 Å². The Labute approximate surface area is 204 Å². The molecule has 8 nitrogen and oxygen atoms in total. The van der Waals surface area contributed by atoms with Crippen molar-refractivity contribution in [2.75, 3.05) is 26.0 Å². The predicted molar refractivity (Wildman–Crippen MR) is 127 cm³/mol. The Bertz CT molecular complexity index is 1090. The average Bonchev–Trinajstić information content (AvgIpc) is 3.31. The number of ether oxygens (including phenoxy) is 1. The third-order valence-electron chi connectivity index (χ3n) is 7.07. The number of H-pyrrole nitrogens is 1. The van der Waals surface area contributed by atoms with Crippen molar-refractivity contribution in [2.45, 2.75) is 64.1 Å². The summed E-state index contributed by atoms with van der Waals surface area (Å²) in [5.41, 5.74) is 0.255. The van der Waals surface area contributed by atoms with Gasteiger partial charge in [0.1, 0.15) is 17.7 Å². The highest BCUT2D eigenvalue weighted by Crippen LogP contribution is 2.41. The van der Waals surface area contributed by atoms with Crippen molar-refractivity contribution < 1.29 is 23.1 Å². The second-order valence-corrected chi connectivity index (χ2v) is 10.2. The van der Waals surface area contributed by atoms with Gasteiger partial charge in [-0.3, -0.25) is 14.8 Å². The zero-order valence-corrected chi connectivity index (χ0v) is 20.7. The molecule has 1 aromatic heterocycles. The standard InChI is InChI=1S/C25H33F2N5O3/c1-25(2)21-18(22(30-29-21)28-23(33)17-11-10-16(26)12-19(17)27)13-32(25)24(34)35-20(14-31(3)4)15-8-6-5-7-9-15/h10-12,15,20H,5-9,13-14H2,1-4H3,(H2,28,29,30,33). The maximum atomic E-state index is 14.1. The zero-order valence-electron chi connectivity index (χ0n) is 20.7. The quantitative estimate of drug-likeness (QED) is 0.617. The van der Waals surface area contributed by atoms with Gasteiger partial charge in [0.15, 0.2) is 5.82 Å². The van der Waals surface area contributed by atoms with Crippen LogP contribution in [0.2, 0.25) is 0 Å². The monoisotopic (exact) mass is 489 g/mol. The van der Waals surface area contributed by atoms with Crippen LogP contribution in [-0.2, 0) is 16.8 Å². The van der Waals surface area contributed by atoms with Crippen molar-refractivity contribution in [3.8, 4) is 0 Å². The lowest BCUT2D eigenvalue weighted by Crippen LogP contribution is -2.45. The molecule has 0 saturated heterocycles. The minimum atomic E-state index is -0.963. The Kier molecular flexibility index (Phi) is 7.12. The van der Waals surface area contributed by atoms with Crippen LogP contribution in [0.25, 0.3) is 0 Å². The Morgan fingerprint density at radius 2 is 1.97 bits per heavy atom. The molecular weight excluding hydrogens is 456 g/mol. The second-order valence-electron chi connectivity index (χ2n) is 10.2. The Morgan fingerprint density at radius 3 is 2.63 bits per heavy atom. The maximum absolute atomic E-state index is 14.1. The van der Waals surface area contributed by atoms with Crippen molar-refractivity contribution in [1.29, 1.82) is 0 Å². The number of amides is 2. The summed E-state index contributed by atoms with van der Waals surface area (Å²) in [6.07, 6.45) is 4.99. The molecule has 1 saturated carbocycles. The van der Waals surface area contributed by atoms with Gasteiger partial charge in [-0.15, -0.1) is 0 Å². The van der Waals surface area contributed by atoms with Crippen LogP contribution in [0.1, 0.15) is 67.6 Å². The summed E-state index contributed by atoms with van der Waals surface area (Å²) >= 11 is 0. The fourth-order valence-electron chi connectivity index (χ4n) is 5.10. The largest absolute Gasteiger partial charge is 0.444 e. The smallest absolute Gasteiger partial charge is 0.411 e. The summed E-state index contributed by atoms with van der Waals surface area (Å²) in [6, 6.07) is 2.75. The summed E-state index contributed by atoms with van der Waals surface area (Å²) in [4.78, 5) is 29.6. The minimum Gasteiger partial charge on any atom is -0.444 e. The van der Waals surface area contributed by atoms with Gasteiger partial charge in [-0.05, 0) is 58.8 Å². The third-order valence-corrected chi connectivity index (χ3v) is 7.07. The maximum Gasteiger partial charge on any atom is 0.411 e. The molecule has 2 amide bonds. The summed E-state index contributed by atoms with van der Waals surface area (Å²) in [5, 5.41) is 9.67. The number of aromatic nitrogens is 2. The number of anilines is 1. The number of nitrogens with one attached hydrogen (secondary N) is 2. The minimum absolute atomic E-state index is 0.179. The van der Waals surface area contributed by atoms with Gasteiger partial charge in [-0.25, -0.2) is 13.6 Å². The molecule has 190 valence electrons. The molecular formula is C25H33F2N5O3. The normalized spacial score (nSPS) is 18.4. The number of hydrogen-bond donors (Lipinski definition) is 2. The van der Waals surface area contributed by atoms with Gasteiger partial charge in [-0.2, -0.15) is 5.10 Å². The van der Waals surface area contributed by atoms with Crippen LogP contribution in [0, 0.1) is 17.6 Å². The average molecular weight is 490 g/mol. The van der Waals surface area contributed by atoms with Gasteiger partial charge in [0.25, 0.3) is 5.91 Å². The predicted octanol–water partition coefficient (Wildman–Crippen LogP) is 4.64. The molecule has 1 unspecified atom stereocenters. The number of likely N-dealkylation sites (N-methyl/N-ethyl adjacent to an activating group) is 1. The SMILES string of the molecule is CN(C)CC(OC(=O)N1Cc2c(NC(=O)c3ccc(F)cc3F)n[nH]c2C1(C)C)C1CCCCC1. The van der Waals surface area contributed by atoms with E-state index in [2.05, 4.69) is 15.5 Å². The molecule has 1 fully saturated rings. The number of carbonyl (C=O) groups excluding carboxylic acids is 2. The highest BCUT2D eigenvalue weighted by Gasteiger charge is 2.45. The number of fused-ring (bicyclic) bond motifs is 1. The lowest BCUT2D eigenvalue weighted by molar-refractivity contribution is -0.00392. The molecule has 1 atom stereocenters. The van der Waals surface area contributed by atoms with Crippen LogP contribution in [0.4, 0.5) is 19.4 Å². The summed E-state index contributed by atoms with van der Waals surface area (Å²) in [7, 11) is 3.94. The highest BCUT2D eigenvalue weighted by atomic mass is 19.1. The Morgan fingerprint density at radius 1 is 1.26 bits per heavy atom. The highest BCUT2D eigenvalue weighted by molar-refractivity contribution is 6.04. The van der Waals surface area contributed by atoms with E-state index in [9.17, 15) is 18.4 Å². The van der Waals surface area contributed by atoms with Crippen LogP contribution in [-0.4, -0.2) is 58.7 Å². The molecule has 1 aliphatic heterocycles. The molecule has 2 N–H and O–H groups in total.